The van der Waals surface area contributed by atoms with Gasteiger partial charge in [0.15, 0.2) is 0 Å². The summed E-state index contributed by atoms with van der Waals surface area (Å²) < 4.78 is 0. The molecular weight excluding hydrogens is 300 g/mol. The Morgan fingerprint density at radius 1 is 1.12 bits per heavy atom. The molecule has 3 heterocycles. The van der Waals surface area contributed by atoms with Crippen LogP contribution in [-0.4, -0.2) is 34.5 Å². The number of aromatic nitrogens is 1. The Bertz CT molecular complexity index is 751. The summed E-state index contributed by atoms with van der Waals surface area (Å²) in [5.74, 6) is 0.0458. The Balaban J connectivity index is 1.46. The highest BCUT2D eigenvalue weighted by Crippen LogP contribution is 2.32. The topological polar surface area (TPSA) is 57.3 Å². The van der Waals surface area contributed by atoms with E-state index in [1.165, 1.54) is 5.56 Å². The third-order valence-corrected chi connectivity index (χ3v) is 5.09. The first-order chi connectivity index (χ1) is 11.7. The van der Waals surface area contributed by atoms with Crippen LogP contribution in [0.2, 0.25) is 0 Å². The van der Waals surface area contributed by atoms with Gasteiger partial charge in [-0.2, -0.15) is 0 Å². The Hall–Kier alpha value is -2.40. The zero-order valence-electron chi connectivity index (χ0n) is 13.9. The summed E-state index contributed by atoms with van der Waals surface area (Å²) in [6.45, 7) is 4.82. The standard InChI is InChI=1S/C19H22N4O/c1-14-3-2-4-16-17(14)18(24)22-19(21-16)7-11-23(12-8-19)13-15-5-9-20-10-6-15/h2-6,9-10,21H,7-8,11-13H2,1H3,(H,22,24). The number of anilines is 1. The summed E-state index contributed by atoms with van der Waals surface area (Å²) in [7, 11) is 0. The zero-order chi connectivity index (χ0) is 16.6. The first-order valence-corrected chi connectivity index (χ1v) is 8.47. The first kappa shape index (κ1) is 15.1. The van der Waals surface area contributed by atoms with Gasteiger partial charge in [-0.15, -0.1) is 0 Å². The second-order valence-corrected chi connectivity index (χ2v) is 6.79. The number of rotatable bonds is 2. The van der Waals surface area contributed by atoms with E-state index in [4.69, 9.17) is 0 Å². The molecule has 24 heavy (non-hydrogen) atoms. The van der Waals surface area contributed by atoms with E-state index in [0.717, 1.165) is 49.3 Å². The molecule has 2 aliphatic heterocycles. The number of hydrogen-bond donors (Lipinski definition) is 2. The lowest BCUT2D eigenvalue weighted by Crippen LogP contribution is -2.62. The minimum absolute atomic E-state index is 0.0458. The molecule has 5 nitrogen and oxygen atoms in total. The van der Waals surface area contributed by atoms with Crippen LogP contribution in [0, 0.1) is 6.92 Å². The average molecular weight is 322 g/mol. The third kappa shape index (κ3) is 2.76. The molecule has 0 atom stereocenters. The molecule has 2 aliphatic rings. The van der Waals surface area contributed by atoms with Gasteiger partial charge in [0.25, 0.3) is 5.91 Å². The van der Waals surface area contributed by atoms with Crippen LogP contribution in [0.25, 0.3) is 0 Å². The molecule has 1 saturated heterocycles. The van der Waals surface area contributed by atoms with Gasteiger partial charge in [-0.3, -0.25) is 14.7 Å². The third-order valence-electron chi connectivity index (χ3n) is 5.09. The van der Waals surface area contributed by atoms with Crippen molar-refractivity contribution in [3.63, 3.8) is 0 Å². The van der Waals surface area contributed by atoms with Crippen LogP contribution in [0.3, 0.4) is 0 Å². The molecule has 1 spiro atoms. The van der Waals surface area contributed by atoms with Gasteiger partial charge in [0, 0.05) is 50.6 Å². The maximum absolute atomic E-state index is 12.6. The number of carbonyl (C=O) groups is 1. The van der Waals surface area contributed by atoms with Crippen molar-refractivity contribution >= 4 is 11.6 Å². The maximum Gasteiger partial charge on any atom is 0.255 e. The molecular formula is C19H22N4O. The molecule has 1 amide bonds. The summed E-state index contributed by atoms with van der Waals surface area (Å²) in [5, 5.41) is 6.83. The number of aryl methyl sites for hydroxylation is 1. The van der Waals surface area contributed by atoms with E-state index in [9.17, 15) is 4.79 Å². The van der Waals surface area contributed by atoms with Crippen LogP contribution < -0.4 is 10.6 Å². The highest BCUT2D eigenvalue weighted by Gasteiger charge is 2.40. The molecule has 0 radical (unpaired) electrons. The van der Waals surface area contributed by atoms with Gasteiger partial charge in [0.2, 0.25) is 0 Å². The van der Waals surface area contributed by atoms with Crippen LogP contribution >= 0.6 is 0 Å². The van der Waals surface area contributed by atoms with Crippen LogP contribution in [0.15, 0.2) is 42.7 Å². The van der Waals surface area contributed by atoms with Crippen molar-refractivity contribution in [1.82, 2.24) is 15.2 Å². The summed E-state index contributed by atoms with van der Waals surface area (Å²) in [6, 6.07) is 10.1. The second kappa shape index (κ2) is 5.91. The van der Waals surface area contributed by atoms with Crippen molar-refractivity contribution < 1.29 is 4.79 Å². The SMILES string of the molecule is Cc1cccc2c1C(=O)NC1(CCN(Cc3ccncc3)CC1)N2. The predicted octanol–water partition coefficient (Wildman–Crippen LogP) is 2.54. The number of benzene rings is 1. The second-order valence-electron chi connectivity index (χ2n) is 6.79. The Morgan fingerprint density at radius 2 is 1.88 bits per heavy atom. The van der Waals surface area contributed by atoms with Gasteiger partial charge in [0.1, 0.15) is 5.66 Å². The van der Waals surface area contributed by atoms with Crippen molar-refractivity contribution in [2.75, 3.05) is 18.4 Å². The molecule has 4 rings (SSSR count). The zero-order valence-corrected chi connectivity index (χ0v) is 13.9. The molecule has 1 fully saturated rings. The van der Waals surface area contributed by atoms with Gasteiger partial charge in [0.05, 0.1) is 5.56 Å². The molecule has 2 aromatic rings. The van der Waals surface area contributed by atoms with E-state index in [1.807, 2.05) is 37.5 Å². The summed E-state index contributed by atoms with van der Waals surface area (Å²) in [5.41, 5.74) is 3.72. The molecule has 2 N–H and O–H groups in total. The van der Waals surface area contributed by atoms with E-state index in [-0.39, 0.29) is 11.6 Å². The largest absolute Gasteiger partial charge is 0.362 e. The van der Waals surface area contributed by atoms with E-state index in [1.54, 1.807) is 0 Å². The number of fused-ring (bicyclic) bond motifs is 1. The number of likely N-dealkylation sites (tertiary alicyclic amines) is 1. The number of amides is 1. The maximum atomic E-state index is 12.6. The minimum Gasteiger partial charge on any atom is -0.362 e. The number of pyridine rings is 1. The molecule has 0 aliphatic carbocycles. The molecule has 5 heteroatoms. The van der Waals surface area contributed by atoms with Gasteiger partial charge in [-0.1, -0.05) is 12.1 Å². The van der Waals surface area contributed by atoms with Crippen molar-refractivity contribution in [2.24, 2.45) is 0 Å². The highest BCUT2D eigenvalue weighted by atomic mass is 16.2. The molecule has 0 unspecified atom stereocenters. The number of piperidine rings is 1. The van der Waals surface area contributed by atoms with Crippen molar-refractivity contribution in [3.05, 3.63) is 59.4 Å². The fourth-order valence-electron chi connectivity index (χ4n) is 3.73. The Kier molecular flexibility index (Phi) is 3.73. The number of carbonyl (C=O) groups excluding carboxylic acids is 1. The molecule has 124 valence electrons. The molecule has 0 bridgehead atoms. The van der Waals surface area contributed by atoms with Crippen molar-refractivity contribution in [3.8, 4) is 0 Å². The lowest BCUT2D eigenvalue weighted by molar-refractivity contribution is 0.0821. The lowest BCUT2D eigenvalue weighted by atomic mass is 9.91. The number of hydrogen-bond acceptors (Lipinski definition) is 4. The van der Waals surface area contributed by atoms with Crippen molar-refractivity contribution in [2.45, 2.75) is 32.0 Å². The quantitative estimate of drug-likeness (QED) is 0.892. The minimum atomic E-state index is -0.313. The molecule has 1 aromatic carbocycles. The fraction of sp³-hybridized carbons (Fsp3) is 0.368. The monoisotopic (exact) mass is 322 g/mol. The fourth-order valence-corrected chi connectivity index (χ4v) is 3.73. The van der Waals surface area contributed by atoms with Crippen molar-refractivity contribution in [1.29, 1.82) is 0 Å². The summed E-state index contributed by atoms with van der Waals surface area (Å²) in [6.07, 6.45) is 5.47. The summed E-state index contributed by atoms with van der Waals surface area (Å²) >= 11 is 0. The van der Waals surface area contributed by atoms with Gasteiger partial charge >= 0.3 is 0 Å². The number of nitrogens with one attached hydrogen (secondary N) is 2. The van der Waals surface area contributed by atoms with E-state index >= 15 is 0 Å². The van der Waals surface area contributed by atoms with Crippen LogP contribution in [-0.2, 0) is 6.54 Å². The predicted molar refractivity (Wildman–Crippen MR) is 93.7 cm³/mol. The van der Waals surface area contributed by atoms with Crippen LogP contribution in [0.1, 0.15) is 34.3 Å². The average Bonchev–Trinajstić information content (AvgIpc) is 2.58. The highest BCUT2D eigenvalue weighted by molar-refractivity contribution is 6.03. The van der Waals surface area contributed by atoms with E-state index < -0.39 is 0 Å². The number of nitrogens with zero attached hydrogens (tertiary/aromatic N) is 2. The van der Waals surface area contributed by atoms with E-state index in [2.05, 4.69) is 32.7 Å². The normalized spacial score (nSPS) is 19.5. The Morgan fingerprint density at radius 3 is 2.62 bits per heavy atom. The van der Waals surface area contributed by atoms with Gasteiger partial charge < -0.3 is 10.6 Å². The van der Waals surface area contributed by atoms with Crippen LogP contribution in [0.5, 0.6) is 0 Å². The summed E-state index contributed by atoms with van der Waals surface area (Å²) in [4.78, 5) is 19.1. The molecule has 0 saturated carbocycles. The molecule has 1 aromatic heterocycles. The first-order valence-electron chi connectivity index (χ1n) is 8.47. The van der Waals surface area contributed by atoms with Crippen LogP contribution in [0.4, 0.5) is 5.69 Å². The van der Waals surface area contributed by atoms with Gasteiger partial charge in [-0.05, 0) is 36.2 Å². The lowest BCUT2D eigenvalue weighted by Gasteiger charge is -2.46. The Labute approximate surface area is 142 Å². The van der Waals surface area contributed by atoms with Gasteiger partial charge in [-0.25, -0.2) is 0 Å². The van der Waals surface area contributed by atoms with E-state index in [0.29, 0.717) is 0 Å². The smallest absolute Gasteiger partial charge is 0.255 e.